The summed E-state index contributed by atoms with van der Waals surface area (Å²) < 4.78 is 9.14. The maximum Gasteiger partial charge on any atom is 0.223 e. The lowest BCUT2D eigenvalue weighted by Crippen LogP contribution is -2.24. The minimum absolute atomic E-state index is 0.00130. The van der Waals surface area contributed by atoms with E-state index in [0.717, 1.165) is 67.4 Å². The molecule has 11 heterocycles. The van der Waals surface area contributed by atoms with Crippen LogP contribution >= 0.6 is 11.8 Å². The van der Waals surface area contributed by atoms with Gasteiger partial charge in [-0.2, -0.15) is 25.5 Å². The zero-order valence-corrected chi connectivity index (χ0v) is 62.0. The normalized spacial score (nSPS) is 11.1. The first-order valence-electron chi connectivity index (χ1n) is 33.0. The van der Waals surface area contributed by atoms with Crippen LogP contribution in [0.25, 0.3) is 38.8 Å². The first-order chi connectivity index (χ1) is 46.8. The van der Waals surface area contributed by atoms with Gasteiger partial charge in [0.2, 0.25) is 5.95 Å². The zero-order valence-electron chi connectivity index (χ0n) is 61.2. The zero-order chi connectivity index (χ0) is 73.4. The highest BCUT2D eigenvalue weighted by atomic mass is 32.2. The van der Waals surface area contributed by atoms with Crippen molar-refractivity contribution >= 4 is 73.8 Å². The number of amidine groups is 1. The van der Waals surface area contributed by atoms with E-state index in [-0.39, 0.29) is 52.3 Å². The van der Waals surface area contributed by atoms with Gasteiger partial charge in [-0.15, -0.1) is 0 Å². The summed E-state index contributed by atoms with van der Waals surface area (Å²) in [6.07, 6.45) is 19.8. The monoisotopic (exact) mass is 1360 g/mol. The van der Waals surface area contributed by atoms with Crippen molar-refractivity contribution in [1.82, 2.24) is 67.8 Å². The number of nitrogens with one attached hydrogen (secondary N) is 2. The Hall–Kier alpha value is -10.5. The number of anilines is 1. The molecule has 0 saturated carbocycles. The Kier molecular flexibility index (Phi) is 30.3. The predicted octanol–water partition coefficient (Wildman–Crippen LogP) is 14.2. The predicted molar refractivity (Wildman–Crippen MR) is 407 cm³/mol. The molecule has 0 radical (unpaired) electrons. The lowest BCUT2D eigenvalue weighted by Gasteiger charge is -2.10. The van der Waals surface area contributed by atoms with Gasteiger partial charge in [-0.25, -0.2) is 32.5 Å². The van der Waals surface area contributed by atoms with Gasteiger partial charge >= 0.3 is 0 Å². The van der Waals surface area contributed by atoms with E-state index < -0.39 is 0 Å². The first kappa shape index (κ1) is 79.2. The average Bonchev–Trinajstić information content (AvgIpc) is 1.67. The highest BCUT2D eigenvalue weighted by Gasteiger charge is 2.23. The summed E-state index contributed by atoms with van der Waals surface area (Å²) >= 11 is 1.24. The summed E-state index contributed by atoms with van der Waals surface area (Å²) in [7, 11) is 7.57. The van der Waals surface area contributed by atoms with Crippen LogP contribution in [0, 0.1) is 5.41 Å². The number of aliphatic imine (C=N–C) groups is 1. The number of Topliss-reactive ketones (excluding diaryl/α,β-unsaturated/α-hetero) is 1. The average molecular weight is 1360 g/mol. The van der Waals surface area contributed by atoms with E-state index in [1.54, 1.807) is 57.5 Å². The molecule has 0 aliphatic carbocycles. The lowest BCUT2D eigenvalue weighted by atomic mass is 10.0. The molecule has 0 aromatic carbocycles. The molecule has 0 bridgehead atoms. The van der Waals surface area contributed by atoms with Crippen molar-refractivity contribution in [3.63, 3.8) is 0 Å². The third-order valence-corrected chi connectivity index (χ3v) is 14.7. The Morgan fingerprint density at radius 3 is 1.26 bits per heavy atom. The van der Waals surface area contributed by atoms with Gasteiger partial charge in [0.15, 0.2) is 28.5 Å². The van der Waals surface area contributed by atoms with Gasteiger partial charge < -0.3 is 32.3 Å². The van der Waals surface area contributed by atoms with E-state index in [1.807, 2.05) is 218 Å². The van der Waals surface area contributed by atoms with E-state index in [1.165, 1.54) is 17.3 Å². The quantitative estimate of drug-likeness (QED) is 0.0260. The van der Waals surface area contributed by atoms with Crippen LogP contribution in [0.4, 0.5) is 5.95 Å². The van der Waals surface area contributed by atoms with Crippen molar-refractivity contribution in [1.29, 1.82) is 5.41 Å². The summed E-state index contributed by atoms with van der Waals surface area (Å²) in [5.41, 5.74) is 28.7. The number of guanidine groups is 1. The number of pyridine rings is 5. The molecule has 0 atom stereocenters. The molecule has 99 heavy (non-hydrogen) atoms. The molecule has 526 valence electrons. The summed E-state index contributed by atoms with van der Waals surface area (Å²) in [5, 5.41) is 32.5. The van der Waals surface area contributed by atoms with Gasteiger partial charge in [0.05, 0.1) is 78.4 Å². The number of hydrogen-bond donors (Lipinski definition) is 5. The smallest absolute Gasteiger partial charge is 0.223 e. The maximum absolute atomic E-state index is 12.4. The second-order valence-electron chi connectivity index (χ2n) is 25.7. The fourth-order valence-corrected chi connectivity index (χ4v) is 9.78. The molecule has 11 rings (SSSR count). The number of fused-ring (bicyclic) bond motifs is 5. The van der Waals surface area contributed by atoms with Crippen molar-refractivity contribution in [2.75, 3.05) is 39.8 Å². The lowest BCUT2D eigenvalue weighted by molar-refractivity contribution is 0.101. The number of hydrogen-bond acceptors (Lipinski definition) is 16. The molecule has 0 unspecified atom stereocenters. The number of rotatable bonds is 16. The van der Waals surface area contributed by atoms with Crippen LogP contribution in [-0.4, -0.2) is 143 Å². The SMILES string of the molecule is CC(=O)c1c(C(C)C)nn2ccccc12.CC(C)N=C(N)N.CC(C)Nc1nccc(-c2c(C(C)C)nn3ccccc23)n1.CC(C)c1cc2ccccn2n1.CC(C)c1nn2ccccc2c1C(=O)C=CN(C)C.CC(C)c1nn2ccccc2c1C(=O)C=CN(C)C.CSC(=N)N. The van der Waals surface area contributed by atoms with Crippen molar-refractivity contribution in [2.24, 2.45) is 22.2 Å². The van der Waals surface area contributed by atoms with Crippen LogP contribution in [0.5, 0.6) is 0 Å². The largest absolute Gasteiger partial charge is 0.383 e. The minimum Gasteiger partial charge on any atom is -0.383 e. The number of aromatic nitrogens is 12. The molecule has 11 aromatic heterocycles. The van der Waals surface area contributed by atoms with Crippen LogP contribution in [0.15, 0.2) is 170 Å². The molecular formula is C75H102N20O3S. The molecule has 0 aliphatic heterocycles. The Balaban J connectivity index is 0.000000216. The second-order valence-corrected chi connectivity index (χ2v) is 26.5. The number of thioether (sulfide) groups is 1. The van der Waals surface area contributed by atoms with Crippen LogP contribution in [0.3, 0.4) is 0 Å². The maximum atomic E-state index is 12.4. The van der Waals surface area contributed by atoms with Crippen LogP contribution in [0.1, 0.15) is 193 Å². The number of ketones is 3. The number of carbonyl (C=O) groups is 3. The first-order valence-corrected chi connectivity index (χ1v) is 34.3. The van der Waals surface area contributed by atoms with Gasteiger partial charge in [0.25, 0.3) is 0 Å². The Morgan fingerprint density at radius 1 is 0.525 bits per heavy atom. The van der Waals surface area contributed by atoms with E-state index >= 15 is 0 Å². The highest BCUT2D eigenvalue weighted by molar-refractivity contribution is 8.13. The van der Waals surface area contributed by atoms with Crippen molar-refractivity contribution in [3.05, 3.63) is 210 Å². The van der Waals surface area contributed by atoms with Gasteiger partial charge in [0.1, 0.15) is 0 Å². The summed E-state index contributed by atoms with van der Waals surface area (Å²) in [6.45, 7) is 30.5. The van der Waals surface area contributed by atoms with Crippen LogP contribution in [0.2, 0.25) is 0 Å². The third kappa shape index (κ3) is 23.1. The van der Waals surface area contributed by atoms with Crippen molar-refractivity contribution in [3.8, 4) is 11.3 Å². The van der Waals surface area contributed by atoms with Gasteiger partial charge in [-0.1, -0.05) is 111 Å². The molecular weight excluding hydrogens is 1260 g/mol. The Bertz CT molecular complexity index is 4370. The topological polar surface area (TPSA) is 296 Å². The highest BCUT2D eigenvalue weighted by Crippen LogP contribution is 2.32. The fraction of sp³-hybridized carbons (Fsp3) is 0.360. The summed E-state index contributed by atoms with van der Waals surface area (Å²) in [5.74, 6) is 2.42. The standard InChI is InChI=1S/C17H21N5.2C15H19N3O.C12H14N2O.C10H12N2.C4H11N3.C2H6N2S/c1-11(2)16-15(14-7-5-6-10-22(14)21-16)13-8-9-18-17(20-13)19-12(3)4;2*1-11(2)15-14(13(19)8-10-17(3)4)12-7-5-6-9-18(12)16-15;1-8(2)12-11(9(3)15)10-6-4-5-7-14(10)13-12;1-8(2)10-7-9-5-3-4-6-12(9)11-10;1-3(2)7-4(5)6;1-5-2(3)4/h5-12H,1-4H3,(H,18,19,20);2*5-11H,1-4H3;4-8H,1-3H3;3-8H,1-2H3;3H,1-2H3,(H4,5,6,7);1H3,(H3,3,4). The number of nitrogens with zero attached hydrogens (tertiary/aromatic N) is 15. The third-order valence-electron chi connectivity index (χ3n) is 14.3. The summed E-state index contributed by atoms with van der Waals surface area (Å²) in [4.78, 5) is 52.8. The fourth-order valence-electron chi connectivity index (χ4n) is 9.78. The van der Waals surface area contributed by atoms with E-state index in [2.05, 4.69) is 100 Å². The van der Waals surface area contributed by atoms with Gasteiger partial charge in [-0.3, -0.25) is 24.8 Å². The molecule has 8 N–H and O–H groups in total. The Morgan fingerprint density at radius 2 is 0.909 bits per heavy atom. The van der Waals surface area contributed by atoms with Gasteiger partial charge in [0, 0.05) is 108 Å². The minimum atomic E-state index is -0.00130. The Labute approximate surface area is 587 Å². The van der Waals surface area contributed by atoms with Crippen LogP contribution < -0.4 is 22.5 Å². The van der Waals surface area contributed by atoms with Crippen LogP contribution in [-0.2, 0) is 0 Å². The van der Waals surface area contributed by atoms with Gasteiger partial charge in [-0.05, 0) is 143 Å². The number of nitrogens with two attached hydrogens (primary N) is 3. The van der Waals surface area contributed by atoms with E-state index in [4.69, 9.17) is 27.7 Å². The van der Waals surface area contributed by atoms with E-state index in [0.29, 0.717) is 35.0 Å². The molecule has 0 aliphatic rings. The van der Waals surface area contributed by atoms with E-state index in [9.17, 15) is 14.4 Å². The molecule has 24 heteroatoms. The molecule has 11 aromatic rings. The molecule has 0 amide bonds. The summed E-state index contributed by atoms with van der Waals surface area (Å²) in [6, 6.07) is 34.0. The van der Waals surface area contributed by atoms with Crippen molar-refractivity contribution in [2.45, 2.75) is 146 Å². The molecule has 0 spiro atoms. The number of carbonyl (C=O) groups excluding carboxylic acids is 3. The number of allylic oxidation sites excluding steroid dienone is 2. The molecule has 23 nitrogen and oxygen atoms in total. The molecule has 0 fully saturated rings. The molecule has 0 saturated heterocycles. The second kappa shape index (κ2) is 37.9. The van der Waals surface area contributed by atoms with Crippen molar-refractivity contribution < 1.29 is 14.4 Å².